The van der Waals surface area contributed by atoms with Crippen molar-refractivity contribution in [2.75, 3.05) is 11.5 Å². The van der Waals surface area contributed by atoms with E-state index in [1.165, 1.54) is 0 Å². The Morgan fingerprint density at radius 1 is 1.26 bits per heavy atom. The van der Waals surface area contributed by atoms with Crippen molar-refractivity contribution in [3.05, 3.63) is 41.0 Å². The summed E-state index contributed by atoms with van der Waals surface area (Å²) < 4.78 is 0. The van der Waals surface area contributed by atoms with E-state index in [4.69, 9.17) is 10.8 Å². The molecular formula is C16H12N4O2S. The first-order valence-electron chi connectivity index (χ1n) is 6.53. The summed E-state index contributed by atoms with van der Waals surface area (Å²) in [5.41, 5.74) is 8.18. The van der Waals surface area contributed by atoms with E-state index in [-0.39, 0.29) is 27.7 Å². The summed E-state index contributed by atoms with van der Waals surface area (Å²) in [4.78, 5) is 14.8. The van der Waals surface area contributed by atoms with Crippen LogP contribution in [0.5, 0.6) is 0 Å². The molecule has 1 heterocycles. The van der Waals surface area contributed by atoms with Crippen molar-refractivity contribution < 1.29 is 9.90 Å². The zero-order chi connectivity index (χ0) is 17.0. The highest BCUT2D eigenvalue weighted by atomic mass is 32.2. The predicted octanol–water partition coefficient (Wildman–Crippen LogP) is 2.56. The minimum atomic E-state index is -1.03. The van der Waals surface area contributed by atoms with Gasteiger partial charge in [-0.1, -0.05) is 41.6 Å². The number of hydrogen-bond acceptors (Lipinski definition) is 6. The van der Waals surface area contributed by atoms with Crippen molar-refractivity contribution in [2.45, 2.75) is 11.9 Å². The fraction of sp³-hybridized carbons (Fsp3) is 0.125. The van der Waals surface area contributed by atoms with E-state index in [2.05, 4.69) is 4.98 Å². The zero-order valence-corrected chi connectivity index (χ0v) is 13.0. The molecule has 23 heavy (non-hydrogen) atoms. The quantitative estimate of drug-likeness (QED) is 0.828. The number of aliphatic carboxylic acids is 1. The number of anilines is 1. The summed E-state index contributed by atoms with van der Waals surface area (Å²) in [5.74, 6) is -1.30. The number of carboxylic acids is 1. The molecule has 2 aromatic rings. The molecule has 2 rings (SSSR count). The standard InChI is InChI=1S/C16H12N4O2S/c1-9-2-4-10(5-3-9)14-11(6-17)15(19)20-16(12(14)7-18)23-8-13(21)22/h2-5H,8H2,1H3,(H2,19,20)(H,21,22). The highest BCUT2D eigenvalue weighted by Crippen LogP contribution is 2.35. The zero-order valence-electron chi connectivity index (χ0n) is 12.2. The summed E-state index contributed by atoms with van der Waals surface area (Å²) in [6.45, 7) is 1.93. The van der Waals surface area contributed by atoms with Gasteiger partial charge in [0.1, 0.15) is 28.5 Å². The number of pyridine rings is 1. The van der Waals surface area contributed by atoms with Gasteiger partial charge < -0.3 is 10.8 Å². The maximum atomic E-state index is 10.8. The Hall–Kier alpha value is -3.03. The Bertz CT molecular complexity index is 848. The van der Waals surface area contributed by atoms with Gasteiger partial charge in [-0.25, -0.2) is 4.98 Å². The number of nitriles is 2. The molecule has 0 saturated carbocycles. The van der Waals surface area contributed by atoms with Gasteiger partial charge in [0.05, 0.1) is 11.3 Å². The lowest BCUT2D eigenvalue weighted by atomic mass is 9.96. The molecule has 1 aromatic heterocycles. The van der Waals surface area contributed by atoms with Gasteiger partial charge >= 0.3 is 5.97 Å². The molecule has 0 aliphatic heterocycles. The van der Waals surface area contributed by atoms with Crippen molar-refractivity contribution in [2.24, 2.45) is 0 Å². The fourth-order valence-corrected chi connectivity index (χ4v) is 2.76. The summed E-state index contributed by atoms with van der Waals surface area (Å²) in [6, 6.07) is 11.3. The van der Waals surface area contributed by atoms with E-state index >= 15 is 0 Å². The van der Waals surface area contributed by atoms with Crippen LogP contribution >= 0.6 is 11.8 Å². The van der Waals surface area contributed by atoms with Crippen molar-refractivity contribution in [1.29, 1.82) is 10.5 Å². The third-order valence-electron chi connectivity index (χ3n) is 3.09. The van der Waals surface area contributed by atoms with Crippen LogP contribution in [0.15, 0.2) is 29.3 Å². The van der Waals surface area contributed by atoms with E-state index in [1.807, 2.05) is 31.2 Å². The Morgan fingerprint density at radius 2 is 1.87 bits per heavy atom. The van der Waals surface area contributed by atoms with Gasteiger partial charge in [-0.15, -0.1) is 0 Å². The molecule has 0 radical (unpaired) electrons. The summed E-state index contributed by atoms with van der Waals surface area (Å²) >= 11 is 0.903. The number of nitrogens with two attached hydrogens (primary N) is 1. The summed E-state index contributed by atoms with van der Waals surface area (Å²) in [5, 5.41) is 27.9. The second-order valence-electron chi connectivity index (χ2n) is 4.70. The first-order chi connectivity index (χ1) is 11.0. The number of carbonyl (C=O) groups is 1. The molecule has 0 aliphatic carbocycles. The second kappa shape index (κ2) is 6.82. The van der Waals surface area contributed by atoms with Gasteiger partial charge in [-0.05, 0) is 12.5 Å². The maximum absolute atomic E-state index is 10.8. The van der Waals surface area contributed by atoms with Crippen LogP contribution in [0.25, 0.3) is 11.1 Å². The number of carboxylic acid groups (broad SMARTS) is 1. The van der Waals surface area contributed by atoms with Crippen molar-refractivity contribution in [3.63, 3.8) is 0 Å². The molecule has 0 unspecified atom stereocenters. The van der Waals surface area contributed by atoms with Crippen LogP contribution in [0.2, 0.25) is 0 Å². The highest BCUT2D eigenvalue weighted by Gasteiger charge is 2.20. The molecule has 0 aliphatic rings. The van der Waals surface area contributed by atoms with Crippen LogP contribution in [-0.4, -0.2) is 21.8 Å². The maximum Gasteiger partial charge on any atom is 0.313 e. The number of rotatable bonds is 4. The van der Waals surface area contributed by atoms with Crippen LogP contribution in [0.1, 0.15) is 16.7 Å². The number of nitrogen functional groups attached to an aromatic ring is 1. The average Bonchev–Trinajstić information content (AvgIpc) is 2.53. The predicted molar refractivity (Wildman–Crippen MR) is 86.6 cm³/mol. The van der Waals surface area contributed by atoms with Crippen LogP contribution in [-0.2, 0) is 4.79 Å². The lowest BCUT2D eigenvalue weighted by molar-refractivity contribution is -0.133. The smallest absolute Gasteiger partial charge is 0.313 e. The number of aromatic nitrogens is 1. The van der Waals surface area contributed by atoms with Crippen LogP contribution < -0.4 is 5.73 Å². The van der Waals surface area contributed by atoms with E-state index in [1.54, 1.807) is 12.1 Å². The number of thioether (sulfide) groups is 1. The molecule has 0 bridgehead atoms. The lowest BCUT2D eigenvalue weighted by Gasteiger charge is -2.12. The first kappa shape index (κ1) is 16.3. The number of benzene rings is 1. The SMILES string of the molecule is Cc1ccc(-c2c(C#N)c(N)nc(SCC(=O)O)c2C#N)cc1. The first-order valence-corrected chi connectivity index (χ1v) is 7.51. The second-order valence-corrected chi connectivity index (χ2v) is 5.66. The monoisotopic (exact) mass is 324 g/mol. The van der Waals surface area contributed by atoms with Gasteiger partial charge in [0.2, 0.25) is 0 Å². The van der Waals surface area contributed by atoms with Gasteiger partial charge in [-0.2, -0.15) is 10.5 Å². The largest absolute Gasteiger partial charge is 0.481 e. The van der Waals surface area contributed by atoms with E-state index in [0.717, 1.165) is 17.3 Å². The van der Waals surface area contributed by atoms with Crippen LogP contribution in [0.3, 0.4) is 0 Å². The van der Waals surface area contributed by atoms with Gasteiger partial charge in [-0.3, -0.25) is 4.79 Å². The van der Waals surface area contributed by atoms with Crippen LogP contribution in [0, 0.1) is 29.6 Å². The van der Waals surface area contributed by atoms with Crippen molar-refractivity contribution >= 4 is 23.5 Å². The normalized spacial score (nSPS) is 9.87. The molecule has 7 heteroatoms. The van der Waals surface area contributed by atoms with Crippen LogP contribution in [0.4, 0.5) is 5.82 Å². The Morgan fingerprint density at radius 3 is 2.39 bits per heavy atom. The molecule has 0 atom stereocenters. The van der Waals surface area contributed by atoms with Crippen molar-refractivity contribution in [3.8, 4) is 23.3 Å². The molecule has 0 amide bonds. The van der Waals surface area contributed by atoms with Gasteiger partial charge in [0.15, 0.2) is 0 Å². The van der Waals surface area contributed by atoms with Gasteiger partial charge in [0.25, 0.3) is 0 Å². The topological polar surface area (TPSA) is 124 Å². The number of nitrogens with zero attached hydrogens (tertiary/aromatic N) is 3. The Labute approximate surface area is 137 Å². The fourth-order valence-electron chi connectivity index (χ4n) is 2.04. The molecule has 114 valence electrons. The van der Waals surface area contributed by atoms with Gasteiger partial charge in [0, 0.05) is 5.56 Å². The third kappa shape index (κ3) is 3.42. The molecule has 0 spiro atoms. The minimum Gasteiger partial charge on any atom is -0.481 e. The minimum absolute atomic E-state index is 0.0186. The number of hydrogen-bond donors (Lipinski definition) is 2. The van der Waals surface area contributed by atoms with E-state index in [9.17, 15) is 15.3 Å². The molecule has 0 fully saturated rings. The van der Waals surface area contributed by atoms with Crippen molar-refractivity contribution in [1.82, 2.24) is 4.98 Å². The molecule has 0 saturated heterocycles. The number of aryl methyl sites for hydroxylation is 1. The van der Waals surface area contributed by atoms with E-state index in [0.29, 0.717) is 11.1 Å². The molecule has 6 nitrogen and oxygen atoms in total. The molecular weight excluding hydrogens is 312 g/mol. The Balaban J connectivity index is 2.71. The lowest BCUT2D eigenvalue weighted by Crippen LogP contribution is -2.05. The molecule has 3 N–H and O–H groups in total. The summed E-state index contributed by atoms with van der Waals surface area (Å²) in [6.07, 6.45) is 0. The molecule has 1 aromatic carbocycles. The average molecular weight is 324 g/mol. The highest BCUT2D eigenvalue weighted by molar-refractivity contribution is 7.99. The third-order valence-corrected chi connectivity index (χ3v) is 4.05. The summed E-state index contributed by atoms with van der Waals surface area (Å²) in [7, 11) is 0. The van der Waals surface area contributed by atoms with E-state index < -0.39 is 5.97 Å². The Kier molecular flexibility index (Phi) is 4.85.